The van der Waals surface area contributed by atoms with Gasteiger partial charge in [0.05, 0.1) is 12.5 Å². The van der Waals surface area contributed by atoms with Crippen LogP contribution in [-0.2, 0) is 11.2 Å². The van der Waals surface area contributed by atoms with Crippen LogP contribution in [-0.4, -0.2) is 30.0 Å². The van der Waals surface area contributed by atoms with Gasteiger partial charge in [-0.25, -0.2) is 0 Å². The van der Waals surface area contributed by atoms with E-state index < -0.39 is 12.2 Å². The average molecular weight is 294 g/mol. The summed E-state index contributed by atoms with van der Waals surface area (Å²) in [6, 6.07) is 8.16. The van der Waals surface area contributed by atoms with Crippen molar-refractivity contribution < 1.29 is 18.3 Å². The highest BCUT2D eigenvalue weighted by atomic mass is 19.3. The van der Waals surface area contributed by atoms with Gasteiger partial charge < -0.3 is 9.64 Å². The number of nitriles is 1. The summed E-state index contributed by atoms with van der Waals surface area (Å²) >= 11 is 0. The number of hydrogen-bond acceptors (Lipinski definition) is 3. The van der Waals surface area contributed by atoms with E-state index >= 15 is 0 Å². The minimum atomic E-state index is -2.86. The third-order valence-electron chi connectivity index (χ3n) is 3.91. The molecule has 21 heavy (non-hydrogen) atoms. The lowest BCUT2D eigenvalue weighted by molar-refractivity contribution is -0.135. The van der Waals surface area contributed by atoms with E-state index in [1.165, 1.54) is 17.0 Å². The third-order valence-corrected chi connectivity index (χ3v) is 3.91. The van der Waals surface area contributed by atoms with Crippen molar-refractivity contribution in [2.45, 2.75) is 37.8 Å². The zero-order valence-corrected chi connectivity index (χ0v) is 11.7. The Morgan fingerprint density at radius 3 is 2.48 bits per heavy atom. The summed E-state index contributed by atoms with van der Waals surface area (Å²) < 4.78 is 28.3. The minimum absolute atomic E-state index is 0.0574. The number of ether oxygens (including phenoxy) is 1. The van der Waals surface area contributed by atoms with Crippen LogP contribution in [0, 0.1) is 11.3 Å². The Bertz CT molecular complexity index is 548. The molecule has 0 N–H and O–H groups in total. The molecule has 6 heteroatoms. The zero-order chi connectivity index (χ0) is 15.5. The van der Waals surface area contributed by atoms with Crippen molar-refractivity contribution >= 4 is 5.91 Å². The van der Waals surface area contributed by atoms with Gasteiger partial charge in [-0.3, -0.25) is 4.79 Å². The number of hydrogen-bond donors (Lipinski definition) is 0. The molecule has 0 aromatic heterocycles. The maximum atomic E-state index is 12.2. The van der Waals surface area contributed by atoms with E-state index in [0.29, 0.717) is 18.4 Å². The van der Waals surface area contributed by atoms with Gasteiger partial charge in [-0.1, -0.05) is 12.1 Å². The number of rotatable bonds is 5. The molecule has 2 rings (SSSR count). The van der Waals surface area contributed by atoms with Crippen molar-refractivity contribution in [2.75, 3.05) is 7.05 Å². The van der Waals surface area contributed by atoms with Crippen molar-refractivity contribution in [1.29, 1.82) is 5.26 Å². The summed E-state index contributed by atoms with van der Waals surface area (Å²) in [5, 5.41) is 9.21. The van der Waals surface area contributed by atoms with Gasteiger partial charge in [0.2, 0.25) is 5.91 Å². The molecule has 1 aliphatic rings. The third kappa shape index (κ3) is 3.30. The SMILES string of the molecule is CN(C(=O)Cc1ccc(OC(F)F)cc1)C1(C#N)CCC1. The summed E-state index contributed by atoms with van der Waals surface area (Å²) in [7, 11) is 1.64. The van der Waals surface area contributed by atoms with Crippen molar-refractivity contribution in [3.63, 3.8) is 0 Å². The highest BCUT2D eigenvalue weighted by Crippen LogP contribution is 2.36. The van der Waals surface area contributed by atoms with Crippen molar-refractivity contribution in [2.24, 2.45) is 0 Å². The predicted octanol–water partition coefficient (Wildman–Crippen LogP) is 2.74. The normalized spacial score (nSPS) is 16.0. The summed E-state index contributed by atoms with van der Waals surface area (Å²) in [4.78, 5) is 13.7. The molecule has 1 amide bonds. The number of amides is 1. The lowest BCUT2D eigenvalue weighted by atomic mass is 9.76. The fourth-order valence-electron chi connectivity index (χ4n) is 2.35. The van der Waals surface area contributed by atoms with Crippen molar-refractivity contribution in [3.05, 3.63) is 29.8 Å². The van der Waals surface area contributed by atoms with Gasteiger partial charge in [0, 0.05) is 7.05 Å². The number of benzene rings is 1. The second-order valence-electron chi connectivity index (χ2n) is 5.15. The van der Waals surface area contributed by atoms with Crippen LogP contribution in [0.1, 0.15) is 24.8 Å². The van der Waals surface area contributed by atoms with Crippen molar-refractivity contribution in [3.8, 4) is 11.8 Å². The number of carbonyl (C=O) groups is 1. The Morgan fingerprint density at radius 1 is 1.43 bits per heavy atom. The van der Waals surface area contributed by atoms with Gasteiger partial charge >= 0.3 is 6.61 Å². The Kier molecular flexibility index (Phi) is 4.41. The molecular formula is C15H16F2N2O2. The molecule has 0 aliphatic heterocycles. The van der Waals surface area contributed by atoms with Gasteiger partial charge in [-0.05, 0) is 37.0 Å². The van der Waals surface area contributed by atoms with Crippen LogP contribution >= 0.6 is 0 Å². The number of halogens is 2. The quantitative estimate of drug-likeness (QED) is 0.839. The molecular weight excluding hydrogens is 278 g/mol. The first-order valence-electron chi connectivity index (χ1n) is 6.68. The topological polar surface area (TPSA) is 53.3 Å². The van der Waals surface area contributed by atoms with Crippen molar-refractivity contribution in [1.82, 2.24) is 4.90 Å². The summed E-state index contributed by atoms with van der Waals surface area (Å²) in [5.74, 6) is -0.0965. The van der Waals surface area contributed by atoms with Gasteiger partial charge in [0.15, 0.2) is 0 Å². The van der Waals surface area contributed by atoms with Crippen LogP contribution in [0.2, 0.25) is 0 Å². The smallest absolute Gasteiger partial charge is 0.387 e. The molecule has 0 unspecified atom stereocenters. The number of alkyl halides is 2. The van der Waals surface area contributed by atoms with Crippen LogP contribution < -0.4 is 4.74 Å². The fraction of sp³-hybridized carbons (Fsp3) is 0.467. The summed E-state index contributed by atoms with van der Waals surface area (Å²) in [6.45, 7) is -2.86. The van der Waals surface area contributed by atoms with E-state index in [1.54, 1.807) is 19.2 Å². The first-order valence-corrected chi connectivity index (χ1v) is 6.68. The Hall–Kier alpha value is -2.16. The predicted molar refractivity (Wildman–Crippen MR) is 71.7 cm³/mol. The van der Waals surface area contributed by atoms with Gasteiger partial charge in [0.1, 0.15) is 11.3 Å². The number of carbonyl (C=O) groups excluding carboxylic acids is 1. The van der Waals surface area contributed by atoms with E-state index in [0.717, 1.165) is 6.42 Å². The highest BCUT2D eigenvalue weighted by molar-refractivity contribution is 5.80. The Morgan fingerprint density at radius 2 is 2.05 bits per heavy atom. The van der Waals surface area contributed by atoms with Gasteiger partial charge in [-0.15, -0.1) is 0 Å². The summed E-state index contributed by atoms with van der Waals surface area (Å²) in [5.41, 5.74) is 0.0244. The molecule has 0 saturated heterocycles. The lowest BCUT2D eigenvalue weighted by Crippen LogP contribution is -2.53. The molecule has 1 aromatic rings. The van der Waals surface area contributed by atoms with Crippen LogP contribution in [0.25, 0.3) is 0 Å². The van der Waals surface area contributed by atoms with E-state index in [-0.39, 0.29) is 18.1 Å². The van der Waals surface area contributed by atoms with E-state index in [1.807, 2.05) is 0 Å². The molecule has 1 aromatic carbocycles. The fourth-order valence-corrected chi connectivity index (χ4v) is 2.35. The van der Waals surface area contributed by atoms with Crippen LogP contribution in [0.15, 0.2) is 24.3 Å². The second-order valence-corrected chi connectivity index (χ2v) is 5.15. The number of likely N-dealkylation sites (N-methyl/N-ethyl adjacent to an activating group) is 1. The maximum Gasteiger partial charge on any atom is 0.387 e. The standard InChI is InChI=1S/C15H16F2N2O2/c1-19(15(10-18)7-2-8-15)13(20)9-11-3-5-12(6-4-11)21-14(16)17/h3-6,14H,2,7-9H2,1H3. The molecule has 0 bridgehead atoms. The molecule has 112 valence electrons. The minimum Gasteiger partial charge on any atom is -0.435 e. The molecule has 0 spiro atoms. The second kappa shape index (κ2) is 6.08. The molecule has 1 saturated carbocycles. The van der Waals surface area contributed by atoms with E-state index in [9.17, 15) is 18.8 Å². The average Bonchev–Trinajstić information content (AvgIpc) is 2.39. The molecule has 0 heterocycles. The lowest BCUT2D eigenvalue weighted by Gasteiger charge is -2.43. The maximum absolute atomic E-state index is 12.2. The first kappa shape index (κ1) is 15.2. The van der Waals surface area contributed by atoms with Crippen LogP contribution in [0.5, 0.6) is 5.75 Å². The Labute approximate surface area is 121 Å². The number of nitrogens with zero attached hydrogens (tertiary/aromatic N) is 2. The molecule has 1 aliphatic carbocycles. The summed E-state index contributed by atoms with van der Waals surface area (Å²) in [6.07, 6.45) is 2.49. The largest absolute Gasteiger partial charge is 0.435 e. The van der Waals surface area contributed by atoms with Gasteiger partial charge in [0.25, 0.3) is 0 Å². The van der Waals surface area contributed by atoms with Crippen LogP contribution in [0.4, 0.5) is 8.78 Å². The van der Waals surface area contributed by atoms with Gasteiger partial charge in [-0.2, -0.15) is 14.0 Å². The molecule has 1 fully saturated rings. The molecule has 4 nitrogen and oxygen atoms in total. The van der Waals surface area contributed by atoms with E-state index in [4.69, 9.17) is 0 Å². The van der Waals surface area contributed by atoms with E-state index in [2.05, 4.69) is 10.8 Å². The van der Waals surface area contributed by atoms with Crippen LogP contribution in [0.3, 0.4) is 0 Å². The monoisotopic (exact) mass is 294 g/mol. The first-order chi connectivity index (χ1) is 9.97. The molecule has 0 radical (unpaired) electrons. The Balaban J connectivity index is 1.98. The highest BCUT2D eigenvalue weighted by Gasteiger charge is 2.43. The zero-order valence-electron chi connectivity index (χ0n) is 11.7. The molecule has 0 atom stereocenters.